The summed E-state index contributed by atoms with van der Waals surface area (Å²) >= 11 is 3.26. The second-order valence-corrected chi connectivity index (χ2v) is 6.32. The zero-order valence-corrected chi connectivity index (χ0v) is 12.6. The minimum absolute atomic E-state index is 0.344. The first kappa shape index (κ1) is 13.8. The van der Waals surface area contributed by atoms with Crippen LogP contribution in [0.1, 0.15) is 48.0 Å². The molecule has 0 radical (unpaired) electrons. The third-order valence-corrected chi connectivity index (χ3v) is 4.46. The maximum Gasteiger partial charge on any atom is 0.124 e. The Hall–Kier alpha value is -1.19. The summed E-state index contributed by atoms with van der Waals surface area (Å²) in [6.07, 6.45) is 2.95. The molecule has 0 spiro atoms. The molecule has 1 unspecified atom stereocenters. The summed E-state index contributed by atoms with van der Waals surface area (Å²) in [6.45, 7) is 0. The monoisotopic (exact) mass is 334 g/mol. The van der Waals surface area contributed by atoms with Gasteiger partial charge in [-0.3, -0.25) is 0 Å². The van der Waals surface area contributed by atoms with Crippen molar-refractivity contribution in [2.45, 2.75) is 31.3 Å². The van der Waals surface area contributed by atoms with E-state index in [1.54, 1.807) is 6.07 Å². The molecular weight excluding hydrogens is 319 g/mol. The topological polar surface area (TPSA) is 20.2 Å². The maximum absolute atomic E-state index is 13.4. The summed E-state index contributed by atoms with van der Waals surface area (Å²) in [5.74, 6) is 0.282. The van der Waals surface area contributed by atoms with Gasteiger partial charge in [0.1, 0.15) is 11.9 Å². The highest BCUT2D eigenvalue weighted by molar-refractivity contribution is 9.10. The van der Waals surface area contributed by atoms with Gasteiger partial charge in [0, 0.05) is 4.47 Å². The number of aliphatic hydroxyl groups is 1. The molecule has 1 aliphatic rings. The molecule has 3 rings (SSSR count). The van der Waals surface area contributed by atoms with Crippen molar-refractivity contribution in [3.63, 3.8) is 0 Å². The van der Waals surface area contributed by atoms with Gasteiger partial charge in [0.15, 0.2) is 0 Å². The van der Waals surface area contributed by atoms with Crippen molar-refractivity contribution >= 4 is 15.9 Å². The average molecular weight is 335 g/mol. The van der Waals surface area contributed by atoms with Gasteiger partial charge in [-0.25, -0.2) is 4.39 Å². The number of halogens is 2. The Morgan fingerprint density at radius 1 is 1.10 bits per heavy atom. The minimum Gasteiger partial charge on any atom is -0.384 e. The third-order valence-electron chi connectivity index (χ3n) is 4.00. The second kappa shape index (κ2) is 5.66. The molecule has 1 saturated carbocycles. The summed E-state index contributed by atoms with van der Waals surface area (Å²) in [5.41, 5.74) is 2.68. The molecule has 1 fully saturated rings. The molecule has 1 nitrogen and oxygen atoms in total. The summed E-state index contributed by atoms with van der Waals surface area (Å²) in [7, 11) is 0. The Bertz CT molecular complexity index is 602. The van der Waals surface area contributed by atoms with Crippen molar-refractivity contribution in [1.29, 1.82) is 0 Å². The van der Waals surface area contributed by atoms with Crippen LogP contribution in [0.2, 0.25) is 0 Å². The van der Waals surface area contributed by atoms with Crippen LogP contribution in [0.3, 0.4) is 0 Å². The SMILES string of the molecule is OC(c1cc(F)cc(Br)c1)c1cccc(C2CCC2)c1. The summed E-state index contributed by atoms with van der Waals surface area (Å²) in [4.78, 5) is 0. The molecular formula is C17H16BrFO. The average Bonchev–Trinajstić information content (AvgIpc) is 2.35. The van der Waals surface area contributed by atoms with Crippen LogP contribution in [0, 0.1) is 5.82 Å². The van der Waals surface area contributed by atoms with E-state index < -0.39 is 6.10 Å². The molecule has 20 heavy (non-hydrogen) atoms. The second-order valence-electron chi connectivity index (χ2n) is 5.40. The Morgan fingerprint density at radius 3 is 2.55 bits per heavy atom. The normalized spacial score (nSPS) is 16.8. The first-order valence-electron chi connectivity index (χ1n) is 6.87. The quantitative estimate of drug-likeness (QED) is 0.843. The Morgan fingerprint density at radius 2 is 1.90 bits per heavy atom. The number of aliphatic hydroxyl groups excluding tert-OH is 1. The molecule has 0 bridgehead atoms. The van der Waals surface area contributed by atoms with E-state index in [-0.39, 0.29) is 5.82 Å². The summed E-state index contributed by atoms with van der Waals surface area (Å²) in [5, 5.41) is 10.5. The Kier molecular flexibility index (Phi) is 3.90. The third kappa shape index (κ3) is 2.79. The van der Waals surface area contributed by atoms with Gasteiger partial charge in [-0.2, -0.15) is 0 Å². The fourth-order valence-electron chi connectivity index (χ4n) is 2.65. The molecule has 1 aliphatic carbocycles. The molecule has 1 atom stereocenters. The molecule has 1 N–H and O–H groups in total. The van der Waals surface area contributed by atoms with Crippen molar-refractivity contribution in [2.24, 2.45) is 0 Å². The first-order chi connectivity index (χ1) is 9.63. The van der Waals surface area contributed by atoms with Gasteiger partial charge >= 0.3 is 0 Å². The van der Waals surface area contributed by atoms with Crippen LogP contribution in [0.5, 0.6) is 0 Å². The summed E-state index contributed by atoms with van der Waals surface area (Å²) in [6, 6.07) is 12.6. The van der Waals surface area contributed by atoms with Crippen LogP contribution in [0.25, 0.3) is 0 Å². The highest BCUT2D eigenvalue weighted by atomic mass is 79.9. The molecule has 0 amide bonds. The molecule has 0 aliphatic heterocycles. The number of rotatable bonds is 3. The predicted octanol–water partition coefficient (Wildman–Crippen LogP) is 4.94. The van der Waals surface area contributed by atoms with E-state index in [0.717, 1.165) is 5.56 Å². The van der Waals surface area contributed by atoms with Gasteiger partial charge in [0.2, 0.25) is 0 Å². The van der Waals surface area contributed by atoms with Crippen LogP contribution in [-0.4, -0.2) is 5.11 Å². The van der Waals surface area contributed by atoms with E-state index in [0.29, 0.717) is 16.0 Å². The molecule has 0 saturated heterocycles. The number of hydrogen-bond donors (Lipinski definition) is 1. The van der Waals surface area contributed by atoms with Gasteiger partial charge in [0.05, 0.1) is 0 Å². The van der Waals surface area contributed by atoms with Gasteiger partial charge < -0.3 is 5.11 Å². The van der Waals surface area contributed by atoms with E-state index in [1.165, 1.54) is 37.0 Å². The van der Waals surface area contributed by atoms with E-state index in [1.807, 2.05) is 18.2 Å². The minimum atomic E-state index is -0.790. The fraction of sp³-hybridized carbons (Fsp3) is 0.294. The van der Waals surface area contributed by atoms with Crippen LogP contribution in [-0.2, 0) is 0 Å². The van der Waals surface area contributed by atoms with Crippen molar-refractivity contribution < 1.29 is 9.50 Å². The zero-order valence-electron chi connectivity index (χ0n) is 11.0. The summed E-state index contributed by atoms with van der Waals surface area (Å²) < 4.78 is 14.1. The molecule has 0 aromatic heterocycles. The van der Waals surface area contributed by atoms with Gasteiger partial charge in [-0.05, 0) is 53.6 Å². The van der Waals surface area contributed by atoms with Crippen molar-refractivity contribution in [3.8, 4) is 0 Å². The van der Waals surface area contributed by atoms with Gasteiger partial charge in [-0.1, -0.05) is 46.6 Å². The largest absolute Gasteiger partial charge is 0.384 e. The van der Waals surface area contributed by atoms with Crippen LogP contribution < -0.4 is 0 Å². The van der Waals surface area contributed by atoms with Crippen molar-refractivity contribution in [3.05, 3.63) is 69.4 Å². The van der Waals surface area contributed by atoms with E-state index in [9.17, 15) is 9.50 Å². The van der Waals surface area contributed by atoms with Gasteiger partial charge in [-0.15, -0.1) is 0 Å². The number of benzene rings is 2. The lowest BCUT2D eigenvalue weighted by Crippen LogP contribution is -2.09. The Labute approximate surface area is 126 Å². The van der Waals surface area contributed by atoms with Gasteiger partial charge in [0.25, 0.3) is 0 Å². The van der Waals surface area contributed by atoms with E-state index in [4.69, 9.17) is 0 Å². The van der Waals surface area contributed by atoms with E-state index >= 15 is 0 Å². The van der Waals surface area contributed by atoms with Crippen molar-refractivity contribution in [1.82, 2.24) is 0 Å². The Balaban J connectivity index is 1.91. The van der Waals surface area contributed by atoms with Crippen LogP contribution >= 0.6 is 15.9 Å². The van der Waals surface area contributed by atoms with Crippen LogP contribution in [0.4, 0.5) is 4.39 Å². The lowest BCUT2D eigenvalue weighted by Gasteiger charge is -2.26. The molecule has 2 aromatic carbocycles. The maximum atomic E-state index is 13.4. The highest BCUT2D eigenvalue weighted by Crippen LogP contribution is 2.37. The predicted molar refractivity (Wildman–Crippen MR) is 81.2 cm³/mol. The highest BCUT2D eigenvalue weighted by Gasteiger charge is 2.21. The van der Waals surface area contributed by atoms with Crippen molar-refractivity contribution in [2.75, 3.05) is 0 Å². The van der Waals surface area contributed by atoms with E-state index in [2.05, 4.69) is 22.0 Å². The molecule has 0 heterocycles. The lowest BCUT2D eigenvalue weighted by atomic mass is 9.79. The lowest BCUT2D eigenvalue weighted by molar-refractivity contribution is 0.219. The molecule has 104 valence electrons. The molecule has 2 aromatic rings. The first-order valence-corrected chi connectivity index (χ1v) is 7.67. The fourth-order valence-corrected chi connectivity index (χ4v) is 3.13. The smallest absolute Gasteiger partial charge is 0.124 e. The van der Waals surface area contributed by atoms with Crippen LogP contribution in [0.15, 0.2) is 46.9 Å². The molecule has 3 heteroatoms. The number of hydrogen-bond acceptors (Lipinski definition) is 1. The standard InChI is InChI=1S/C17H16BrFO/c18-15-8-14(9-16(19)10-15)17(20)13-6-2-5-12(7-13)11-3-1-4-11/h2,5-11,17,20H,1,3-4H2. The zero-order chi connectivity index (χ0) is 14.1.